The van der Waals surface area contributed by atoms with Crippen LogP contribution in [0.5, 0.6) is 0 Å². The number of hydrogen-bond acceptors (Lipinski definition) is 2. The van der Waals surface area contributed by atoms with Gasteiger partial charge in [-0.3, -0.25) is 4.79 Å². The Balaban J connectivity index is 2.10. The first-order valence-electron chi connectivity index (χ1n) is 5.44. The molecule has 2 rings (SSSR count). The molecule has 3 N–H and O–H groups in total. The van der Waals surface area contributed by atoms with E-state index < -0.39 is 0 Å². The van der Waals surface area contributed by atoms with Gasteiger partial charge >= 0.3 is 0 Å². The molecule has 1 aromatic carbocycles. The molecule has 16 heavy (non-hydrogen) atoms. The standard InChI is InChI=1S/C12H15BrN2O/c13-9-4-1-2-5-10(9)15-11(16)12(8-14)6-3-7-12/h1-2,4-5H,3,6-8,14H2,(H,15,16). The minimum Gasteiger partial charge on any atom is -0.329 e. The third kappa shape index (κ3) is 1.99. The zero-order valence-electron chi connectivity index (χ0n) is 9.00. The molecular weight excluding hydrogens is 268 g/mol. The normalized spacial score (nSPS) is 17.6. The van der Waals surface area contributed by atoms with Crippen molar-refractivity contribution in [2.75, 3.05) is 11.9 Å². The van der Waals surface area contributed by atoms with Crippen molar-refractivity contribution in [1.29, 1.82) is 0 Å². The number of nitrogens with one attached hydrogen (secondary N) is 1. The highest BCUT2D eigenvalue weighted by molar-refractivity contribution is 9.10. The molecule has 86 valence electrons. The van der Waals surface area contributed by atoms with E-state index in [2.05, 4.69) is 21.2 Å². The molecule has 1 saturated carbocycles. The van der Waals surface area contributed by atoms with Crippen LogP contribution in [0.15, 0.2) is 28.7 Å². The second kappa shape index (κ2) is 4.55. The Kier molecular flexibility index (Phi) is 3.30. The van der Waals surface area contributed by atoms with Gasteiger partial charge in [-0.15, -0.1) is 0 Å². The van der Waals surface area contributed by atoms with Gasteiger partial charge in [0.1, 0.15) is 0 Å². The van der Waals surface area contributed by atoms with Crippen molar-refractivity contribution in [3.8, 4) is 0 Å². The molecule has 0 spiro atoms. The first-order valence-corrected chi connectivity index (χ1v) is 6.23. The minimum atomic E-state index is -0.324. The lowest BCUT2D eigenvalue weighted by atomic mass is 9.68. The van der Waals surface area contributed by atoms with Gasteiger partial charge in [-0.1, -0.05) is 18.6 Å². The highest BCUT2D eigenvalue weighted by Crippen LogP contribution is 2.41. The lowest BCUT2D eigenvalue weighted by Gasteiger charge is -2.39. The number of carbonyl (C=O) groups excluding carboxylic acids is 1. The van der Waals surface area contributed by atoms with E-state index >= 15 is 0 Å². The molecule has 0 bridgehead atoms. The number of para-hydroxylation sites is 1. The molecule has 1 aliphatic rings. The Morgan fingerprint density at radius 2 is 2.12 bits per heavy atom. The van der Waals surface area contributed by atoms with Gasteiger partial charge in [-0.05, 0) is 40.9 Å². The third-order valence-electron chi connectivity index (χ3n) is 3.31. The molecule has 1 fully saturated rings. The molecule has 0 radical (unpaired) electrons. The lowest BCUT2D eigenvalue weighted by Crippen LogP contribution is -2.47. The Hall–Kier alpha value is -0.870. The molecule has 1 amide bonds. The van der Waals surface area contributed by atoms with Gasteiger partial charge in [0.25, 0.3) is 0 Å². The van der Waals surface area contributed by atoms with Crippen LogP contribution >= 0.6 is 15.9 Å². The first kappa shape index (κ1) is 11.6. The highest BCUT2D eigenvalue weighted by Gasteiger charge is 2.42. The van der Waals surface area contributed by atoms with Crippen molar-refractivity contribution in [2.45, 2.75) is 19.3 Å². The molecule has 4 heteroatoms. The van der Waals surface area contributed by atoms with Gasteiger partial charge in [-0.25, -0.2) is 0 Å². The van der Waals surface area contributed by atoms with Gasteiger partial charge < -0.3 is 11.1 Å². The van der Waals surface area contributed by atoms with E-state index in [1.807, 2.05) is 24.3 Å². The second-order valence-electron chi connectivity index (χ2n) is 4.27. The molecule has 1 aromatic rings. The Bertz CT molecular complexity index is 396. The third-order valence-corrected chi connectivity index (χ3v) is 4.00. The molecule has 0 unspecified atom stereocenters. The fourth-order valence-corrected chi connectivity index (χ4v) is 2.33. The van der Waals surface area contributed by atoms with E-state index in [1.165, 1.54) is 0 Å². The summed E-state index contributed by atoms with van der Waals surface area (Å²) < 4.78 is 0.898. The van der Waals surface area contributed by atoms with Crippen molar-refractivity contribution in [1.82, 2.24) is 0 Å². The van der Waals surface area contributed by atoms with Gasteiger partial charge in [0.15, 0.2) is 0 Å². The van der Waals surface area contributed by atoms with Crippen LogP contribution in [0.3, 0.4) is 0 Å². The monoisotopic (exact) mass is 282 g/mol. The fraction of sp³-hybridized carbons (Fsp3) is 0.417. The number of benzene rings is 1. The summed E-state index contributed by atoms with van der Waals surface area (Å²) in [5.41, 5.74) is 6.18. The van der Waals surface area contributed by atoms with Gasteiger partial charge in [0.05, 0.1) is 11.1 Å². The van der Waals surface area contributed by atoms with Crippen molar-refractivity contribution in [3.63, 3.8) is 0 Å². The van der Waals surface area contributed by atoms with E-state index in [0.29, 0.717) is 6.54 Å². The average Bonchev–Trinajstić information content (AvgIpc) is 2.21. The zero-order chi connectivity index (χ0) is 11.6. The van der Waals surface area contributed by atoms with Gasteiger partial charge in [-0.2, -0.15) is 0 Å². The van der Waals surface area contributed by atoms with Crippen LogP contribution < -0.4 is 11.1 Å². The maximum atomic E-state index is 12.1. The summed E-state index contributed by atoms with van der Waals surface area (Å²) in [5, 5.41) is 2.94. The van der Waals surface area contributed by atoms with Gasteiger partial charge in [0, 0.05) is 11.0 Å². The van der Waals surface area contributed by atoms with Crippen LogP contribution in [-0.2, 0) is 4.79 Å². The molecule has 0 aliphatic heterocycles. The van der Waals surface area contributed by atoms with E-state index in [4.69, 9.17) is 5.73 Å². The van der Waals surface area contributed by atoms with Crippen molar-refractivity contribution in [2.24, 2.45) is 11.1 Å². The summed E-state index contributed by atoms with van der Waals surface area (Å²) >= 11 is 3.41. The van der Waals surface area contributed by atoms with Crippen molar-refractivity contribution in [3.05, 3.63) is 28.7 Å². The Morgan fingerprint density at radius 1 is 1.44 bits per heavy atom. The fourth-order valence-electron chi connectivity index (χ4n) is 1.94. The summed E-state index contributed by atoms with van der Waals surface area (Å²) in [6, 6.07) is 7.61. The number of anilines is 1. The van der Waals surface area contributed by atoms with Crippen LogP contribution in [0, 0.1) is 5.41 Å². The summed E-state index contributed by atoms with van der Waals surface area (Å²) in [5.74, 6) is 0.0492. The maximum Gasteiger partial charge on any atom is 0.231 e. The van der Waals surface area contributed by atoms with E-state index in [0.717, 1.165) is 29.4 Å². The molecule has 0 aromatic heterocycles. The molecule has 0 heterocycles. The topological polar surface area (TPSA) is 55.1 Å². The summed E-state index contributed by atoms with van der Waals surface area (Å²) in [6.07, 6.45) is 2.90. The number of nitrogens with two attached hydrogens (primary N) is 1. The summed E-state index contributed by atoms with van der Waals surface area (Å²) in [7, 11) is 0. The molecule has 3 nitrogen and oxygen atoms in total. The predicted molar refractivity (Wildman–Crippen MR) is 68.1 cm³/mol. The molecule has 1 aliphatic carbocycles. The summed E-state index contributed by atoms with van der Waals surface area (Å²) in [4.78, 5) is 12.1. The van der Waals surface area contributed by atoms with E-state index in [9.17, 15) is 4.79 Å². The van der Waals surface area contributed by atoms with Crippen LogP contribution in [0.1, 0.15) is 19.3 Å². The maximum absolute atomic E-state index is 12.1. The quantitative estimate of drug-likeness (QED) is 0.895. The lowest BCUT2D eigenvalue weighted by molar-refractivity contribution is -0.129. The number of amides is 1. The van der Waals surface area contributed by atoms with E-state index in [1.54, 1.807) is 0 Å². The smallest absolute Gasteiger partial charge is 0.231 e. The van der Waals surface area contributed by atoms with Crippen LogP contribution in [0.4, 0.5) is 5.69 Å². The molecule has 0 atom stereocenters. The number of rotatable bonds is 3. The number of hydrogen-bond donors (Lipinski definition) is 2. The average molecular weight is 283 g/mol. The Labute approximate surface area is 104 Å². The highest BCUT2D eigenvalue weighted by atomic mass is 79.9. The van der Waals surface area contributed by atoms with Crippen LogP contribution in [0.25, 0.3) is 0 Å². The largest absolute Gasteiger partial charge is 0.329 e. The SMILES string of the molecule is NCC1(C(=O)Nc2ccccc2Br)CCC1. The number of halogens is 1. The molecular formula is C12H15BrN2O. The van der Waals surface area contributed by atoms with Gasteiger partial charge in [0.2, 0.25) is 5.91 Å². The zero-order valence-corrected chi connectivity index (χ0v) is 10.6. The number of carbonyl (C=O) groups is 1. The van der Waals surface area contributed by atoms with E-state index in [-0.39, 0.29) is 11.3 Å². The predicted octanol–water partition coefficient (Wildman–Crippen LogP) is 2.52. The summed E-state index contributed by atoms with van der Waals surface area (Å²) in [6.45, 7) is 0.434. The first-order chi connectivity index (χ1) is 7.68. The van der Waals surface area contributed by atoms with Crippen LogP contribution in [-0.4, -0.2) is 12.5 Å². The Morgan fingerprint density at radius 3 is 2.62 bits per heavy atom. The second-order valence-corrected chi connectivity index (χ2v) is 5.13. The van der Waals surface area contributed by atoms with Crippen LogP contribution in [0.2, 0.25) is 0 Å². The minimum absolute atomic E-state index is 0.0492. The molecule has 0 saturated heterocycles. The van der Waals surface area contributed by atoms with Crippen molar-refractivity contribution >= 4 is 27.5 Å². The van der Waals surface area contributed by atoms with Crippen molar-refractivity contribution < 1.29 is 4.79 Å².